The van der Waals surface area contributed by atoms with Crippen LogP contribution in [-0.4, -0.2) is 42.6 Å². The van der Waals surface area contributed by atoms with Gasteiger partial charge in [-0.25, -0.2) is 0 Å². The maximum Gasteiger partial charge on any atom is 0.115 e. The Morgan fingerprint density at radius 2 is 1.87 bits per heavy atom. The molecule has 80 valence electrons. The van der Waals surface area contributed by atoms with Crippen molar-refractivity contribution in [2.75, 3.05) is 26.3 Å². The Balaban J connectivity index is 1.95. The van der Waals surface area contributed by atoms with Crippen molar-refractivity contribution in [3.63, 3.8) is 0 Å². The molecule has 0 saturated carbocycles. The van der Waals surface area contributed by atoms with Crippen LogP contribution in [0.15, 0.2) is 29.4 Å². The van der Waals surface area contributed by atoms with Crippen LogP contribution in [0.3, 0.4) is 0 Å². The van der Waals surface area contributed by atoms with E-state index >= 15 is 0 Å². The monoisotopic (exact) mass is 206 g/mol. The van der Waals surface area contributed by atoms with E-state index in [4.69, 9.17) is 9.84 Å². The predicted molar refractivity (Wildman–Crippen MR) is 58.1 cm³/mol. The normalized spacial score (nSPS) is 17.2. The second-order valence-electron chi connectivity index (χ2n) is 3.40. The molecular weight excluding hydrogens is 192 g/mol. The molecule has 0 spiro atoms. The molecule has 1 fully saturated rings. The van der Waals surface area contributed by atoms with E-state index in [0.717, 1.165) is 31.9 Å². The smallest absolute Gasteiger partial charge is 0.115 e. The minimum Gasteiger partial charge on any atom is -0.508 e. The molecule has 4 nitrogen and oxygen atoms in total. The number of benzene rings is 1. The van der Waals surface area contributed by atoms with Gasteiger partial charge in [-0.05, 0) is 29.8 Å². The maximum atomic E-state index is 9.10. The standard InChI is InChI=1S/C11H14N2O2/c14-11-3-1-10(2-4-11)9-12-13-5-7-15-8-6-13/h1-4,9,14H,5-8H2. The first-order valence-electron chi connectivity index (χ1n) is 5.00. The number of hydrogen-bond donors (Lipinski definition) is 1. The van der Waals surface area contributed by atoms with Gasteiger partial charge in [0.25, 0.3) is 0 Å². The molecular formula is C11H14N2O2. The number of rotatable bonds is 2. The van der Waals surface area contributed by atoms with Crippen molar-refractivity contribution in [1.82, 2.24) is 5.01 Å². The van der Waals surface area contributed by atoms with Crippen LogP contribution >= 0.6 is 0 Å². The largest absolute Gasteiger partial charge is 0.508 e. The number of hydrazone groups is 1. The van der Waals surface area contributed by atoms with Crippen LogP contribution < -0.4 is 0 Å². The molecule has 0 unspecified atom stereocenters. The minimum atomic E-state index is 0.276. The van der Waals surface area contributed by atoms with Crippen LogP contribution in [0.5, 0.6) is 5.75 Å². The fraction of sp³-hybridized carbons (Fsp3) is 0.364. The van der Waals surface area contributed by atoms with Gasteiger partial charge in [-0.3, -0.25) is 5.01 Å². The molecule has 0 atom stereocenters. The van der Waals surface area contributed by atoms with E-state index in [0.29, 0.717) is 0 Å². The van der Waals surface area contributed by atoms with Crippen molar-refractivity contribution < 1.29 is 9.84 Å². The number of morpholine rings is 1. The van der Waals surface area contributed by atoms with Gasteiger partial charge in [0.2, 0.25) is 0 Å². The summed E-state index contributed by atoms with van der Waals surface area (Å²) in [7, 11) is 0. The van der Waals surface area contributed by atoms with Gasteiger partial charge in [-0.15, -0.1) is 0 Å². The van der Waals surface area contributed by atoms with Gasteiger partial charge < -0.3 is 9.84 Å². The van der Waals surface area contributed by atoms with Crippen molar-refractivity contribution in [3.8, 4) is 5.75 Å². The fourth-order valence-electron chi connectivity index (χ4n) is 1.38. The number of nitrogens with zero attached hydrogens (tertiary/aromatic N) is 2. The van der Waals surface area contributed by atoms with Crippen LogP contribution in [0.2, 0.25) is 0 Å². The lowest BCUT2D eigenvalue weighted by atomic mass is 10.2. The summed E-state index contributed by atoms with van der Waals surface area (Å²) in [4.78, 5) is 0. The third-order valence-electron chi connectivity index (χ3n) is 2.25. The van der Waals surface area contributed by atoms with Crippen molar-refractivity contribution in [2.45, 2.75) is 0 Å². The summed E-state index contributed by atoms with van der Waals surface area (Å²) in [6, 6.07) is 6.97. The Labute approximate surface area is 88.8 Å². The Morgan fingerprint density at radius 3 is 2.53 bits per heavy atom. The average Bonchev–Trinajstić information content (AvgIpc) is 2.30. The molecule has 2 rings (SSSR count). The highest BCUT2D eigenvalue weighted by atomic mass is 16.5. The molecule has 0 bridgehead atoms. The number of phenolic OH excluding ortho intramolecular Hbond substituents is 1. The number of phenols is 1. The summed E-state index contributed by atoms with van der Waals surface area (Å²) in [5.41, 5.74) is 0.985. The second kappa shape index (κ2) is 4.79. The van der Waals surface area contributed by atoms with E-state index in [-0.39, 0.29) is 5.75 Å². The summed E-state index contributed by atoms with van der Waals surface area (Å²) in [6.45, 7) is 3.17. The molecule has 0 radical (unpaired) electrons. The zero-order chi connectivity index (χ0) is 10.5. The van der Waals surface area contributed by atoms with Gasteiger partial charge in [0.05, 0.1) is 32.5 Å². The van der Waals surface area contributed by atoms with Gasteiger partial charge in [0.15, 0.2) is 0 Å². The molecule has 1 aromatic rings. The van der Waals surface area contributed by atoms with Crippen molar-refractivity contribution >= 4 is 6.21 Å². The third kappa shape index (κ3) is 2.95. The van der Waals surface area contributed by atoms with Crippen molar-refractivity contribution in [3.05, 3.63) is 29.8 Å². The van der Waals surface area contributed by atoms with Gasteiger partial charge in [0, 0.05) is 0 Å². The van der Waals surface area contributed by atoms with E-state index < -0.39 is 0 Å². The van der Waals surface area contributed by atoms with Gasteiger partial charge in [-0.2, -0.15) is 5.10 Å². The number of aromatic hydroxyl groups is 1. The van der Waals surface area contributed by atoms with E-state index in [1.165, 1.54) is 0 Å². The number of hydrogen-bond acceptors (Lipinski definition) is 4. The lowest BCUT2D eigenvalue weighted by Gasteiger charge is -2.23. The maximum absolute atomic E-state index is 9.10. The number of ether oxygens (including phenoxy) is 1. The fourth-order valence-corrected chi connectivity index (χ4v) is 1.38. The SMILES string of the molecule is Oc1ccc(C=NN2CCOCC2)cc1. The molecule has 1 aromatic carbocycles. The molecule has 1 aliphatic rings. The predicted octanol–water partition coefficient (Wildman–Crippen LogP) is 1.06. The van der Waals surface area contributed by atoms with E-state index in [1.54, 1.807) is 18.3 Å². The van der Waals surface area contributed by atoms with Crippen LogP contribution in [0.4, 0.5) is 0 Å². The Morgan fingerprint density at radius 1 is 1.20 bits per heavy atom. The topological polar surface area (TPSA) is 45.1 Å². The summed E-state index contributed by atoms with van der Waals surface area (Å²) in [5, 5.41) is 15.4. The molecule has 0 amide bonds. The van der Waals surface area contributed by atoms with Crippen molar-refractivity contribution in [1.29, 1.82) is 0 Å². The minimum absolute atomic E-state index is 0.276. The second-order valence-corrected chi connectivity index (χ2v) is 3.40. The molecule has 1 N–H and O–H groups in total. The summed E-state index contributed by atoms with van der Waals surface area (Å²) in [5.74, 6) is 0.276. The molecule has 1 heterocycles. The Bertz CT molecular complexity index is 329. The quantitative estimate of drug-likeness (QED) is 0.736. The first-order chi connectivity index (χ1) is 7.34. The Kier molecular flexibility index (Phi) is 3.19. The van der Waals surface area contributed by atoms with Crippen molar-refractivity contribution in [2.24, 2.45) is 5.10 Å². The first-order valence-corrected chi connectivity index (χ1v) is 5.00. The van der Waals surface area contributed by atoms with Gasteiger partial charge in [0.1, 0.15) is 5.75 Å². The van der Waals surface area contributed by atoms with Crippen LogP contribution in [-0.2, 0) is 4.74 Å². The van der Waals surface area contributed by atoms with Crippen LogP contribution in [0.1, 0.15) is 5.56 Å². The highest BCUT2D eigenvalue weighted by molar-refractivity contribution is 5.79. The summed E-state index contributed by atoms with van der Waals surface area (Å²) in [6.07, 6.45) is 1.80. The Hall–Kier alpha value is -1.55. The van der Waals surface area contributed by atoms with Gasteiger partial charge in [-0.1, -0.05) is 0 Å². The summed E-state index contributed by atoms with van der Waals surface area (Å²) >= 11 is 0. The molecule has 0 aliphatic carbocycles. The first kappa shape index (κ1) is 9.98. The molecule has 4 heteroatoms. The van der Waals surface area contributed by atoms with E-state index in [9.17, 15) is 0 Å². The molecule has 1 aliphatic heterocycles. The van der Waals surface area contributed by atoms with Gasteiger partial charge >= 0.3 is 0 Å². The highest BCUT2D eigenvalue weighted by Crippen LogP contribution is 2.08. The molecule has 15 heavy (non-hydrogen) atoms. The van der Waals surface area contributed by atoms with E-state index in [2.05, 4.69) is 5.10 Å². The van der Waals surface area contributed by atoms with Crippen LogP contribution in [0.25, 0.3) is 0 Å². The van der Waals surface area contributed by atoms with Crippen LogP contribution in [0, 0.1) is 0 Å². The highest BCUT2D eigenvalue weighted by Gasteiger charge is 2.05. The summed E-state index contributed by atoms with van der Waals surface area (Å²) < 4.78 is 5.22. The zero-order valence-electron chi connectivity index (χ0n) is 8.47. The molecule has 1 saturated heterocycles. The van der Waals surface area contributed by atoms with E-state index in [1.807, 2.05) is 17.1 Å². The zero-order valence-corrected chi connectivity index (χ0v) is 8.47. The molecule has 0 aromatic heterocycles. The third-order valence-corrected chi connectivity index (χ3v) is 2.25. The lowest BCUT2D eigenvalue weighted by molar-refractivity contribution is 0.0397. The lowest BCUT2D eigenvalue weighted by Crippen LogP contribution is -2.32. The average molecular weight is 206 g/mol.